The van der Waals surface area contributed by atoms with E-state index in [-0.39, 0.29) is 5.91 Å². The van der Waals surface area contributed by atoms with Gasteiger partial charge in [-0.3, -0.25) is 4.79 Å². The summed E-state index contributed by atoms with van der Waals surface area (Å²) < 4.78 is 0. The number of benzene rings is 1. The summed E-state index contributed by atoms with van der Waals surface area (Å²) >= 11 is 0. The van der Waals surface area contributed by atoms with Gasteiger partial charge in [0.2, 0.25) is 5.91 Å². The zero-order chi connectivity index (χ0) is 14.2. The fourth-order valence-electron chi connectivity index (χ4n) is 4.63. The lowest BCUT2D eigenvalue weighted by Gasteiger charge is -2.21. The number of fused-ring (bicyclic) bond motifs is 3. The predicted octanol–water partition coefficient (Wildman–Crippen LogP) is 3.10. The van der Waals surface area contributed by atoms with Crippen LogP contribution in [0.1, 0.15) is 43.2 Å². The van der Waals surface area contributed by atoms with Gasteiger partial charge in [0.1, 0.15) is 0 Å². The molecule has 112 valence electrons. The van der Waals surface area contributed by atoms with Gasteiger partial charge in [0.05, 0.1) is 0 Å². The van der Waals surface area contributed by atoms with Crippen molar-refractivity contribution in [3.63, 3.8) is 0 Å². The molecule has 2 N–H and O–H groups in total. The number of carbonyl (C=O) groups is 1. The molecule has 0 spiro atoms. The van der Waals surface area contributed by atoms with Gasteiger partial charge in [0, 0.05) is 18.7 Å². The highest BCUT2D eigenvalue weighted by atomic mass is 16.1. The van der Waals surface area contributed by atoms with E-state index in [1.807, 2.05) is 0 Å². The van der Waals surface area contributed by atoms with E-state index >= 15 is 0 Å². The van der Waals surface area contributed by atoms with Gasteiger partial charge in [-0.15, -0.1) is 0 Å². The SMILES string of the molecule is O=C(CC1CC2CCC1C2)Nc1ccc2c(c1)CNCC2. The average molecular weight is 284 g/mol. The van der Waals surface area contributed by atoms with E-state index in [0.29, 0.717) is 5.92 Å². The molecule has 3 unspecified atom stereocenters. The molecule has 1 aliphatic heterocycles. The second-order valence-electron chi connectivity index (χ2n) is 7.10. The first-order valence-electron chi connectivity index (χ1n) is 8.40. The van der Waals surface area contributed by atoms with Crippen molar-refractivity contribution in [2.24, 2.45) is 17.8 Å². The van der Waals surface area contributed by atoms with Crippen molar-refractivity contribution in [3.05, 3.63) is 29.3 Å². The lowest BCUT2D eigenvalue weighted by Crippen LogP contribution is -2.24. The number of amides is 1. The highest BCUT2D eigenvalue weighted by Crippen LogP contribution is 2.49. The minimum atomic E-state index is 0.205. The quantitative estimate of drug-likeness (QED) is 0.895. The van der Waals surface area contributed by atoms with Crippen LogP contribution in [0.2, 0.25) is 0 Å². The monoisotopic (exact) mass is 284 g/mol. The Morgan fingerprint density at radius 3 is 3.00 bits per heavy atom. The van der Waals surface area contributed by atoms with Crippen molar-refractivity contribution >= 4 is 11.6 Å². The van der Waals surface area contributed by atoms with Crippen LogP contribution in [-0.2, 0) is 17.8 Å². The number of carbonyl (C=O) groups excluding carboxylic acids is 1. The number of nitrogens with one attached hydrogen (secondary N) is 2. The highest BCUT2D eigenvalue weighted by Gasteiger charge is 2.40. The van der Waals surface area contributed by atoms with Crippen LogP contribution in [0.3, 0.4) is 0 Å². The first kappa shape index (κ1) is 13.3. The third-order valence-corrected chi connectivity index (χ3v) is 5.71. The number of anilines is 1. The average Bonchev–Trinajstić information content (AvgIpc) is 3.09. The lowest BCUT2D eigenvalue weighted by molar-refractivity contribution is -0.117. The molecule has 3 atom stereocenters. The molecule has 3 nitrogen and oxygen atoms in total. The Morgan fingerprint density at radius 1 is 1.24 bits per heavy atom. The molecule has 2 bridgehead atoms. The Balaban J connectivity index is 1.38. The van der Waals surface area contributed by atoms with Crippen LogP contribution >= 0.6 is 0 Å². The largest absolute Gasteiger partial charge is 0.326 e. The maximum atomic E-state index is 12.3. The van der Waals surface area contributed by atoms with E-state index in [0.717, 1.165) is 43.5 Å². The molecule has 1 aromatic carbocycles. The third-order valence-electron chi connectivity index (χ3n) is 5.71. The van der Waals surface area contributed by atoms with Gasteiger partial charge in [-0.2, -0.15) is 0 Å². The van der Waals surface area contributed by atoms with Crippen LogP contribution in [0.5, 0.6) is 0 Å². The van der Waals surface area contributed by atoms with Crippen molar-refractivity contribution in [3.8, 4) is 0 Å². The van der Waals surface area contributed by atoms with Crippen LogP contribution in [0, 0.1) is 17.8 Å². The van der Waals surface area contributed by atoms with Gasteiger partial charge in [-0.05, 0) is 73.2 Å². The molecular weight excluding hydrogens is 260 g/mol. The number of hydrogen-bond donors (Lipinski definition) is 2. The van der Waals surface area contributed by atoms with Gasteiger partial charge < -0.3 is 10.6 Å². The third kappa shape index (κ3) is 2.71. The molecule has 3 heteroatoms. The minimum Gasteiger partial charge on any atom is -0.326 e. The first-order chi connectivity index (χ1) is 10.3. The van der Waals surface area contributed by atoms with Gasteiger partial charge >= 0.3 is 0 Å². The Labute approximate surface area is 126 Å². The second-order valence-corrected chi connectivity index (χ2v) is 7.10. The van der Waals surface area contributed by atoms with Crippen LogP contribution in [-0.4, -0.2) is 12.5 Å². The van der Waals surface area contributed by atoms with E-state index in [2.05, 4.69) is 28.8 Å². The van der Waals surface area contributed by atoms with Crippen LogP contribution < -0.4 is 10.6 Å². The van der Waals surface area contributed by atoms with E-state index in [1.54, 1.807) is 0 Å². The van der Waals surface area contributed by atoms with Crippen LogP contribution in [0.25, 0.3) is 0 Å². The summed E-state index contributed by atoms with van der Waals surface area (Å²) in [5.41, 5.74) is 3.71. The summed E-state index contributed by atoms with van der Waals surface area (Å²) in [5, 5.41) is 6.50. The molecule has 0 aromatic heterocycles. The second kappa shape index (κ2) is 5.45. The maximum absolute atomic E-state index is 12.3. The van der Waals surface area contributed by atoms with Gasteiger partial charge in [-0.1, -0.05) is 12.5 Å². The fourth-order valence-corrected chi connectivity index (χ4v) is 4.63. The molecule has 2 saturated carbocycles. The standard InChI is InChI=1S/C18H24N2O/c21-18(10-15-8-12-1-2-14(15)7-12)20-17-4-3-13-5-6-19-11-16(13)9-17/h3-4,9,12,14-15,19H,1-2,5-8,10-11H2,(H,20,21). The molecule has 2 fully saturated rings. The molecule has 1 heterocycles. The molecule has 4 rings (SSSR count). The van der Waals surface area contributed by atoms with Crippen molar-refractivity contribution in [1.82, 2.24) is 5.32 Å². The van der Waals surface area contributed by atoms with Crippen molar-refractivity contribution in [2.75, 3.05) is 11.9 Å². The molecular formula is C18H24N2O. The Morgan fingerprint density at radius 2 is 2.19 bits per heavy atom. The topological polar surface area (TPSA) is 41.1 Å². The Hall–Kier alpha value is -1.35. The van der Waals surface area contributed by atoms with Crippen molar-refractivity contribution < 1.29 is 4.79 Å². The first-order valence-corrected chi connectivity index (χ1v) is 8.40. The van der Waals surface area contributed by atoms with Crippen LogP contribution in [0.4, 0.5) is 5.69 Å². The molecule has 3 aliphatic rings. The molecule has 0 radical (unpaired) electrons. The van der Waals surface area contributed by atoms with Gasteiger partial charge in [0.25, 0.3) is 0 Å². The summed E-state index contributed by atoms with van der Waals surface area (Å²) in [6.45, 7) is 1.98. The van der Waals surface area contributed by atoms with Crippen molar-refractivity contribution in [1.29, 1.82) is 0 Å². The maximum Gasteiger partial charge on any atom is 0.224 e. The molecule has 1 aromatic rings. The van der Waals surface area contributed by atoms with Crippen LogP contribution in [0.15, 0.2) is 18.2 Å². The summed E-state index contributed by atoms with van der Waals surface area (Å²) in [6, 6.07) is 6.37. The number of rotatable bonds is 3. The zero-order valence-electron chi connectivity index (χ0n) is 12.5. The normalized spacial score (nSPS) is 30.2. The van der Waals surface area contributed by atoms with Crippen molar-refractivity contribution in [2.45, 2.75) is 45.1 Å². The summed E-state index contributed by atoms with van der Waals surface area (Å²) in [5.74, 6) is 2.59. The highest BCUT2D eigenvalue weighted by molar-refractivity contribution is 5.91. The van der Waals surface area contributed by atoms with Gasteiger partial charge in [-0.25, -0.2) is 0 Å². The molecule has 1 amide bonds. The minimum absolute atomic E-state index is 0.205. The number of hydrogen-bond acceptors (Lipinski definition) is 2. The fraction of sp³-hybridized carbons (Fsp3) is 0.611. The van der Waals surface area contributed by atoms with E-state index < -0.39 is 0 Å². The van der Waals surface area contributed by atoms with E-state index in [4.69, 9.17) is 0 Å². The van der Waals surface area contributed by atoms with Gasteiger partial charge in [0.15, 0.2) is 0 Å². The lowest BCUT2D eigenvalue weighted by atomic mass is 9.86. The molecule has 0 saturated heterocycles. The molecule has 21 heavy (non-hydrogen) atoms. The zero-order valence-corrected chi connectivity index (χ0v) is 12.5. The Bertz CT molecular complexity index is 554. The summed E-state index contributed by atoms with van der Waals surface area (Å²) in [7, 11) is 0. The smallest absolute Gasteiger partial charge is 0.224 e. The Kier molecular flexibility index (Phi) is 3.46. The molecule has 2 aliphatic carbocycles. The predicted molar refractivity (Wildman–Crippen MR) is 84.0 cm³/mol. The summed E-state index contributed by atoms with van der Waals surface area (Å²) in [6.07, 6.45) is 7.23. The van der Waals surface area contributed by atoms with E-state index in [9.17, 15) is 4.79 Å². The van der Waals surface area contributed by atoms with E-state index in [1.165, 1.54) is 36.8 Å². The summed E-state index contributed by atoms with van der Waals surface area (Å²) in [4.78, 5) is 12.3.